The van der Waals surface area contributed by atoms with E-state index in [1.54, 1.807) is 19.5 Å². The van der Waals surface area contributed by atoms with Crippen molar-refractivity contribution >= 4 is 16.7 Å². The molecule has 0 saturated heterocycles. The molecule has 0 radical (unpaired) electrons. The van der Waals surface area contributed by atoms with Crippen LogP contribution >= 0.6 is 0 Å². The number of unbranched alkanes of at least 4 members (excludes halogenated alkanes) is 1. The summed E-state index contributed by atoms with van der Waals surface area (Å²) >= 11 is 0. The first-order valence-electron chi connectivity index (χ1n) is 9.47. The van der Waals surface area contributed by atoms with Gasteiger partial charge >= 0.3 is 0 Å². The molecule has 0 unspecified atom stereocenters. The molecule has 0 bridgehead atoms. The molecule has 0 saturated carbocycles. The summed E-state index contributed by atoms with van der Waals surface area (Å²) in [7, 11) is 1.64. The Kier molecular flexibility index (Phi) is 8.45. The average molecular weight is 399 g/mol. The predicted octanol–water partition coefficient (Wildman–Crippen LogP) is 4.65. The monoisotopic (exact) mass is 398 g/mol. The SMILES string of the molecule is C.CCCCNc1nc(C)ncc1OCCOc1ccnc2cc(OC)ccc12. The van der Waals surface area contributed by atoms with Crippen LogP contribution in [0.25, 0.3) is 10.9 Å². The van der Waals surface area contributed by atoms with Gasteiger partial charge in [-0.15, -0.1) is 0 Å². The van der Waals surface area contributed by atoms with Crippen LogP contribution in [0, 0.1) is 6.92 Å². The Morgan fingerprint density at radius 2 is 1.83 bits per heavy atom. The van der Waals surface area contributed by atoms with Crippen LogP contribution in [0.15, 0.2) is 36.7 Å². The maximum Gasteiger partial charge on any atom is 0.180 e. The van der Waals surface area contributed by atoms with Crippen LogP contribution in [0.5, 0.6) is 17.2 Å². The average Bonchev–Trinajstić information content (AvgIpc) is 2.72. The van der Waals surface area contributed by atoms with Crippen molar-refractivity contribution in [3.63, 3.8) is 0 Å². The summed E-state index contributed by atoms with van der Waals surface area (Å²) in [6, 6.07) is 7.57. The smallest absolute Gasteiger partial charge is 0.180 e. The Balaban J connectivity index is 0.00000300. The Hall–Kier alpha value is -3.09. The first-order chi connectivity index (χ1) is 13.7. The van der Waals surface area contributed by atoms with Crippen LogP contribution in [0.1, 0.15) is 33.0 Å². The third-order valence-electron chi connectivity index (χ3n) is 4.21. The van der Waals surface area contributed by atoms with Crippen LogP contribution < -0.4 is 19.5 Å². The van der Waals surface area contributed by atoms with Crippen molar-refractivity contribution in [2.45, 2.75) is 34.1 Å². The van der Waals surface area contributed by atoms with E-state index in [1.165, 1.54) is 0 Å². The Labute approximate surface area is 172 Å². The van der Waals surface area contributed by atoms with E-state index in [0.717, 1.165) is 47.6 Å². The molecule has 0 aliphatic heterocycles. The second kappa shape index (κ2) is 11.0. The minimum atomic E-state index is 0. The lowest BCUT2D eigenvalue weighted by atomic mass is 10.2. The number of benzene rings is 1. The van der Waals surface area contributed by atoms with Gasteiger partial charge in [0.15, 0.2) is 11.6 Å². The lowest BCUT2D eigenvalue weighted by Crippen LogP contribution is -2.12. The summed E-state index contributed by atoms with van der Waals surface area (Å²) in [5.74, 6) is 3.60. The number of ether oxygens (including phenoxy) is 3. The topological polar surface area (TPSA) is 78.4 Å². The first kappa shape index (κ1) is 22.2. The van der Waals surface area contributed by atoms with Crippen LogP contribution in [-0.4, -0.2) is 41.8 Å². The zero-order valence-electron chi connectivity index (χ0n) is 16.6. The molecule has 29 heavy (non-hydrogen) atoms. The van der Waals surface area contributed by atoms with Crippen molar-refractivity contribution in [1.82, 2.24) is 15.0 Å². The van der Waals surface area contributed by atoms with E-state index in [9.17, 15) is 0 Å². The minimum absolute atomic E-state index is 0. The molecule has 0 aliphatic rings. The quantitative estimate of drug-likeness (QED) is 0.498. The number of aryl methyl sites for hydroxylation is 1. The third kappa shape index (κ3) is 5.94. The second-order valence-electron chi connectivity index (χ2n) is 6.30. The van der Waals surface area contributed by atoms with E-state index in [1.807, 2.05) is 31.2 Å². The molecule has 2 heterocycles. The van der Waals surface area contributed by atoms with E-state index in [-0.39, 0.29) is 7.43 Å². The summed E-state index contributed by atoms with van der Waals surface area (Å²) in [6.45, 7) is 5.65. The number of rotatable bonds is 10. The van der Waals surface area contributed by atoms with E-state index < -0.39 is 0 Å². The molecule has 0 fully saturated rings. The Morgan fingerprint density at radius 1 is 1.03 bits per heavy atom. The van der Waals surface area contributed by atoms with Gasteiger partial charge in [-0.2, -0.15) is 0 Å². The Bertz CT molecular complexity index is 918. The fourth-order valence-corrected chi connectivity index (χ4v) is 2.73. The highest BCUT2D eigenvalue weighted by atomic mass is 16.5. The molecule has 3 aromatic rings. The molecule has 0 spiro atoms. The summed E-state index contributed by atoms with van der Waals surface area (Å²) in [4.78, 5) is 13.0. The van der Waals surface area contributed by atoms with Crippen molar-refractivity contribution < 1.29 is 14.2 Å². The van der Waals surface area contributed by atoms with Crippen molar-refractivity contribution in [3.05, 3.63) is 42.5 Å². The number of hydrogen-bond acceptors (Lipinski definition) is 7. The number of fused-ring (bicyclic) bond motifs is 1. The van der Waals surface area contributed by atoms with Crippen LogP contribution in [0.2, 0.25) is 0 Å². The summed E-state index contributed by atoms with van der Waals surface area (Å²) < 4.78 is 17.0. The van der Waals surface area contributed by atoms with Gasteiger partial charge in [-0.25, -0.2) is 9.97 Å². The number of nitrogens with one attached hydrogen (secondary N) is 1. The van der Waals surface area contributed by atoms with Gasteiger partial charge in [-0.05, 0) is 31.5 Å². The number of hydrogen-bond donors (Lipinski definition) is 1. The number of aromatic nitrogens is 3. The largest absolute Gasteiger partial charge is 0.497 e. The fourth-order valence-electron chi connectivity index (χ4n) is 2.73. The van der Waals surface area contributed by atoms with Gasteiger partial charge in [0.1, 0.15) is 30.5 Å². The number of pyridine rings is 1. The predicted molar refractivity (Wildman–Crippen MR) is 116 cm³/mol. The maximum atomic E-state index is 5.91. The number of methoxy groups -OCH3 is 1. The lowest BCUT2D eigenvalue weighted by Gasteiger charge is -2.13. The van der Waals surface area contributed by atoms with Crippen LogP contribution in [0.4, 0.5) is 5.82 Å². The van der Waals surface area contributed by atoms with Crippen LogP contribution in [0.3, 0.4) is 0 Å². The zero-order chi connectivity index (χ0) is 19.8. The molecular weight excluding hydrogens is 368 g/mol. The highest BCUT2D eigenvalue weighted by molar-refractivity contribution is 5.85. The molecule has 3 rings (SSSR count). The van der Waals surface area contributed by atoms with E-state index >= 15 is 0 Å². The molecule has 0 amide bonds. The van der Waals surface area contributed by atoms with Gasteiger partial charge in [0.25, 0.3) is 0 Å². The van der Waals surface area contributed by atoms with E-state index in [0.29, 0.717) is 24.8 Å². The zero-order valence-corrected chi connectivity index (χ0v) is 16.6. The molecule has 0 atom stereocenters. The highest BCUT2D eigenvalue weighted by Crippen LogP contribution is 2.27. The third-order valence-corrected chi connectivity index (χ3v) is 4.21. The molecule has 0 aliphatic carbocycles. The van der Waals surface area contributed by atoms with Crippen molar-refractivity contribution in [2.24, 2.45) is 0 Å². The minimum Gasteiger partial charge on any atom is -0.497 e. The van der Waals surface area contributed by atoms with E-state index in [4.69, 9.17) is 14.2 Å². The maximum absolute atomic E-state index is 5.91. The van der Waals surface area contributed by atoms with Crippen molar-refractivity contribution in [1.29, 1.82) is 0 Å². The van der Waals surface area contributed by atoms with Gasteiger partial charge in [0.05, 0.1) is 18.8 Å². The molecule has 2 aromatic heterocycles. The molecule has 7 nitrogen and oxygen atoms in total. The van der Waals surface area contributed by atoms with Gasteiger partial charge in [-0.1, -0.05) is 20.8 Å². The standard InChI is InChI=1S/C21H26N4O3.CH4/c1-4-5-9-23-21-20(14-24-15(2)25-21)28-12-11-27-19-8-10-22-18-13-16(26-3)6-7-17(18)19;/h6-8,10,13-14H,4-5,9,11-12H2,1-3H3,(H,23,24,25);1H4. The molecular formula is C22H30N4O3. The number of anilines is 1. The van der Waals surface area contributed by atoms with Gasteiger partial charge in [0.2, 0.25) is 0 Å². The molecule has 1 N–H and O–H groups in total. The normalized spacial score (nSPS) is 10.3. The Morgan fingerprint density at radius 3 is 2.59 bits per heavy atom. The van der Waals surface area contributed by atoms with Crippen molar-refractivity contribution in [3.8, 4) is 17.2 Å². The highest BCUT2D eigenvalue weighted by Gasteiger charge is 2.08. The lowest BCUT2D eigenvalue weighted by molar-refractivity contribution is 0.218. The molecule has 7 heteroatoms. The second-order valence-corrected chi connectivity index (χ2v) is 6.30. The van der Waals surface area contributed by atoms with Gasteiger partial charge < -0.3 is 19.5 Å². The summed E-state index contributed by atoms with van der Waals surface area (Å²) in [5.41, 5.74) is 0.826. The van der Waals surface area contributed by atoms with Crippen LogP contribution in [-0.2, 0) is 0 Å². The van der Waals surface area contributed by atoms with Gasteiger partial charge in [0, 0.05) is 24.2 Å². The van der Waals surface area contributed by atoms with Crippen molar-refractivity contribution in [2.75, 3.05) is 32.2 Å². The molecule has 1 aromatic carbocycles. The summed E-state index contributed by atoms with van der Waals surface area (Å²) in [5, 5.41) is 4.25. The molecule has 156 valence electrons. The fraction of sp³-hybridized carbons (Fsp3) is 0.409. The first-order valence-corrected chi connectivity index (χ1v) is 9.47. The number of nitrogens with zero attached hydrogens (tertiary/aromatic N) is 3. The van der Waals surface area contributed by atoms with Gasteiger partial charge in [-0.3, -0.25) is 4.98 Å². The van der Waals surface area contributed by atoms with E-state index in [2.05, 4.69) is 27.2 Å². The summed E-state index contributed by atoms with van der Waals surface area (Å²) in [6.07, 6.45) is 5.62.